The van der Waals surface area contributed by atoms with E-state index in [1.165, 1.54) is 12.1 Å². The summed E-state index contributed by atoms with van der Waals surface area (Å²) in [7, 11) is 1.74. The van der Waals surface area contributed by atoms with E-state index in [0.717, 1.165) is 11.1 Å². The monoisotopic (exact) mass is 210 g/mol. The number of aromatic nitrogens is 2. The lowest BCUT2D eigenvalue weighted by atomic mass is 10.1. The van der Waals surface area contributed by atoms with Crippen LogP contribution in [0.2, 0.25) is 5.15 Å². The Labute approximate surface area is 85.9 Å². The van der Waals surface area contributed by atoms with E-state index < -0.39 is 0 Å². The molecule has 0 saturated carbocycles. The molecule has 0 saturated heterocycles. The summed E-state index contributed by atoms with van der Waals surface area (Å²) in [5.74, 6) is -0.276. The summed E-state index contributed by atoms with van der Waals surface area (Å²) in [6.07, 6.45) is 1.62. The molecule has 2 rings (SSSR count). The molecule has 2 aromatic rings. The van der Waals surface area contributed by atoms with Gasteiger partial charge in [0, 0.05) is 12.6 Å². The molecule has 0 aliphatic heterocycles. The van der Waals surface area contributed by atoms with Crippen molar-refractivity contribution in [2.24, 2.45) is 7.05 Å². The summed E-state index contributed by atoms with van der Waals surface area (Å²) in [4.78, 5) is 0. The lowest BCUT2D eigenvalue weighted by Gasteiger charge is -1.98. The number of benzene rings is 1. The summed E-state index contributed by atoms with van der Waals surface area (Å²) in [6.45, 7) is 0. The van der Waals surface area contributed by atoms with Crippen molar-refractivity contribution in [3.8, 4) is 11.1 Å². The fourth-order valence-corrected chi connectivity index (χ4v) is 1.47. The van der Waals surface area contributed by atoms with Crippen LogP contribution in [0, 0.1) is 5.82 Å². The molecule has 0 radical (unpaired) electrons. The van der Waals surface area contributed by atoms with Crippen molar-refractivity contribution in [1.82, 2.24) is 9.78 Å². The molecule has 0 bridgehead atoms. The smallest absolute Gasteiger partial charge is 0.134 e. The molecule has 0 amide bonds. The standard InChI is InChI=1S/C10H8ClFN2/c1-14-10(11)9(6-13-14)7-3-2-4-8(12)5-7/h2-6H,1H3. The van der Waals surface area contributed by atoms with Crippen LogP contribution in [-0.2, 0) is 7.05 Å². The quantitative estimate of drug-likeness (QED) is 0.708. The average molecular weight is 211 g/mol. The second-order valence-electron chi connectivity index (χ2n) is 2.98. The van der Waals surface area contributed by atoms with Crippen molar-refractivity contribution in [2.75, 3.05) is 0 Å². The van der Waals surface area contributed by atoms with Gasteiger partial charge >= 0.3 is 0 Å². The lowest BCUT2D eigenvalue weighted by Crippen LogP contribution is -1.88. The Bertz CT molecular complexity index is 465. The SMILES string of the molecule is Cn1ncc(-c2cccc(F)c2)c1Cl. The maximum absolute atomic E-state index is 12.9. The Hall–Kier alpha value is -1.35. The first-order chi connectivity index (χ1) is 6.68. The molecule has 14 heavy (non-hydrogen) atoms. The minimum atomic E-state index is -0.276. The van der Waals surface area contributed by atoms with Gasteiger partial charge in [-0.15, -0.1) is 0 Å². The first-order valence-corrected chi connectivity index (χ1v) is 4.49. The van der Waals surface area contributed by atoms with Crippen LogP contribution in [0.15, 0.2) is 30.5 Å². The van der Waals surface area contributed by atoms with Crippen LogP contribution in [0.4, 0.5) is 4.39 Å². The average Bonchev–Trinajstić information content (AvgIpc) is 2.48. The highest BCUT2D eigenvalue weighted by Gasteiger charge is 2.08. The predicted octanol–water partition coefficient (Wildman–Crippen LogP) is 2.88. The van der Waals surface area contributed by atoms with Gasteiger partial charge in [0.05, 0.1) is 6.20 Å². The van der Waals surface area contributed by atoms with Gasteiger partial charge in [-0.2, -0.15) is 5.10 Å². The van der Waals surface area contributed by atoms with E-state index in [4.69, 9.17) is 11.6 Å². The predicted molar refractivity (Wildman–Crippen MR) is 53.6 cm³/mol. The molecule has 0 aliphatic carbocycles. The Kier molecular flexibility index (Phi) is 2.25. The van der Waals surface area contributed by atoms with Crippen molar-refractivity contribution < 1.29 is 4.39 Å². The topological polar surface area (TPSA) is 17.8 Å². The molecule has 1 heterocycles. The van der Waals surface area contributed by atoms with E-state index in [1.807, 2.05) is 0 Å². The van der Waals surface area contributed by atoms with Gasteiger partial charge in [0.1, 0.15) is 11.0 Å². The van der Waals surface area contributed by atoms with E-state index in [-0.39, 0.29) is 5.82 Å². The summed E-state index contributed by atoms with van der Waals surface area (Å²) < 4.78 is 14.5. The lowest BCUT2D eigenvalue weighted by molar-refractivity contribution is 0.628. The fraction of sp³-hybridized carbons (Fsp3) is 0.100. The highest BCUT2D eigenvalue weighted by Crippen LogP contribution is 2.27. The Morgan fingerprint density at radius 3 is 2.79 bits per heavy atom. The molecule has 0 atom stereocenters. The van der Waals surface area contributed by atoms with Crippen LogP contribution >= 0.6 is 11.6 Å². The maximum atomic E-state index is 12.9. The van der Waals surface area contributed by atoms with Gasteiger partial charge < -0.3 is 0 Å². The van der Waals surface area contributed by atoms with Crippen LogP contribution in [-0.4, -0.2) is 9.78 Å². The number of hydrogen-bond acceptors (Lipinski definition) is 1. The summed E-state index contributed by atoms with van der Waals surface area (Å²) in [5, 5.41) is 4.49. The van der Waals surface area contributed by atoms with Crippen LogP contribution in [0.1, 0.15) is 0 Å². The van der Waals surface area contributed by atoms with Gasteiger partial charge in [-0.3, -0.25) is 4.68 Å². The van der Waals surface area contributed by atoms with Gasteiger partial charge in [0.25, 0.3) is 0 Å². The molecule has 0 fully saturated rings. The van der Waals surface area contributed by atoms with Crippen molar-refractivity contribution in [2.45, 2.75) is 0 Å². The zero-order valence-electron chi connectivity index (χ0n) is 7.54. The van der Waals surface area contributed by atoms with Crippen LogP contribution < -0.4 is 0 Å². The normalized spacial score (nSPS) is 10.5. The highest BCUT2D eigenvalue weighted by molar-refractivity contribution is 6.32. The minimum absolute atomic E-state index is 0.276. The van der Waals surface area contributed by atoms with Gasteiger partial charge in [-0.25, -0.2) is 4.39 Å². The third kappa shape index (κ3) is 1.51. The van der Waals surface area contributed by atoms with Crippen molar-refractivity contribution >= 4 is 11.6 Å². The molecule has 1 aromatic heterocycles. The van der Waals surface area contributed by atoms with Crippen molar-refractivity contribution in [3.63, 3.8) is 0 Å². The largest absolute Gasteiger partial charge is 0.256 e. The van der Waals surface area contributed by atoms with Crippen LogP contribution in [0.3, 0.4) is 0 Å². The Morgan fingerprint density at radius 2 is 2.21 bits per heavy atom. The van der Waals surface area contributed by atoms with Crippen molar-refractivity contribution in [3.05, 3.63) is 41.4 Å². The van der Waals surface area contributed by atoms with E-state index in [0.29, 0.717) is 5.15 Å². The number of aryl methyl sites for hydroxylation is 1. The number of halogens is 2. The third-order valence-electron chi connectivity index (χ3n) is 2.00. The highest BCUT2D eigenvalue weighted by atomic mass is 35.5. The second kappa shape index (κ2) is 3.42. The molecule has 0 N–H and O–H groups in total. The van der Waals surface area contributed by atoms with Gasteiger partial charge in [-0.1, -0.05) is 23.7 Å². The van der Waals surface area contributed by atoms with Crippen LogP contribution in [0.5, 0.6) is 0 Å². The molecule has 72 valence electrons. The van der Waals surface area contributed by atoms with Gasteiger partial charge in [0.2, 0.25) is 0 Å². The number of hydrogen-bond donors (Lipinski definition) is 0. The first kappa shape index (κ1) is 9.21. The molecule has 0 spiro atoms. The van der Waals surface area contributed by atoms with Crippen LogP contribution in [0.25, 0.3) is 11.1 Å². The molecule has 4 heteroatoms. The van der Waals surface area contributed by atoms with E-state index in [9.17, 15) is 4.39 Å². The summed E-state index contributed by atoms with van der Waals surface area (Å²) in [6, 6.07) is 6.27. The Morgan fingerprint density at radius 1 is 1.43 bits per heavy atom. The maximum Gasteiger partial charge on any atom is 0.134 e. The number of nitrogens with zero attached hydrogens (tertiary/aromatic N) is 2. The van der Waals surface area contributed by atoms with Crippen molar-refractivity contribution in [1.29, 1.82) is 0 Å². The molecular formula is C10H8ClFN2. The molecule has 0 unspecified atom stereocenters. The minimum Gasteiger partial charge on any atom is -0.256 e. The summed E-state index contributed by atoms with van der Waals surface area (Å²) >= 11 is 5.97. The fourth-order valence-electron chi connectivity index (χ4n) is 1.27. The summed E-state index contributed by atoms with van der Waals surface area (Å²) in [5.41, 5.74) is 1.48. The van der Waals surface area contributed by atoms with Gasteiger partial charge in [0.15, 0.2) is 0 Å². The zero-order valence-corrected chi connectivity index (χ0v) is 8.29. The van der Waals surface area contributed by atoms with E-state index >= 15 is 0 Å². The van der Waals surface area contributed by atoms with E-state index in [1.54, 1.807) is 30.1 Å². The molecule has 0 aliphatic rings. The van der Waals surface area contributed by atoms with Gasteiger partial charge in [-0.05, 0) is 17.7 Å². The number of rotatable bonds is 1. The molecule has 1 aromatic carbocycles. The zero-order chi connectivity index (χ0) is 10.1. The van der Waals surface area contributed by atoms with E-state index in [2.05, 4.69) is 5.10 Å². The molecule has 2 nitrogen and oxygen atoms in total. The second-order valence-corrected chi connectivity index (χ2v) is 3.34. The first-order valence-electron chi connectivity index (χ1n) is 4.12. The third-order valence-corrected chi connectivity index (χ3v) is 2.45. The Balaban J connectivity index is 2.55. The molecular weight excluding hydrogens is 203 g/mol.